The van der Waals surface area contributed by atoms with Crippen molar-refractivity contribution in [2.24, 2.45) is 0 Å². The molecule has 2 aromatic rings. The van der Waals surface area contributed by atoms with Crippen LogP contribution in [0, 0.1) is 0 Å². The summed E-state index contributed by atoms with van der Waals surface area (Å²) < 4.78 is 0.423. The third kappa shape index (κ3) is 3.03. The van der Waals surface area contributed by atoms with Crippen LogP contribution in [0.25, 0.3) is 10.9 Å². The maximum Gasteiger partial charge on any atom is 0.239 e. The zero-order valence-corrected chi connectivity index (χ0v) is 12.5. The first-order valence-electron chi connectivity index (χ1n) is 6.28. The normalized spacial score (nSPS) is 17.8. The van der Waals surface area contributed by atoms with E-state index < -0.39 is 5.25 Å². The number of aromatic nitrogens is 1. The summed E-state index contributed by atoms with van der Waals surface area (Å²) in [5.41, 5.74) is 1.50. The van der Waals surface area contributed by atoms with E-state index in [2.05, 4.69) is 15.6 Å². The third-order valence-electron chi connectivity index (χ3n) is 3.06. The quantitative estimate of drug-likeness (QED) is 0.848. The Morgan fingerprint density at radius 3 is 3.00 bits per heavy atom. The van der Waals surface area contributed by atoms with Gasteiger partial charge >= 0.3 is 0 Å². The zero-order chi connectivity index (χ0) is 14.8. The molecule has 2 amide bonds. The second kappa shape index (κ2) is 5.79. The van der Waals surface area contributed by atoms with Gasteiger partial charge in [-0.3, -0.25) is 14.6 Å². The average Bonchev–Trinajstić information content (AvgIpc) is 2.77. The first kappa shape index (κ1) is 14.0. The summed E-state index contributed by atoms with van der Waals surface area (Å²) in [7, 11) is 0. The van der Waals surface area contributed by atoms with Crippen LogP contribution in [0.1, 0.15) is 6.42 Å². The fraction of sp³-hybridized carbons (Fsp3) is 0.143. The summed E-state index contributed by atoms with van der Waals surface area (Å²) in [6, 6.07) is 9.23. The summed E-state index contributed by atoms with van der Waals surface area (Å²) in [5, 5.41) is 5.78. The molecule has 2 N–H and O–H groups in total. The van der Waals surface area contributed by atoms with Crippen molar-refractivity contribution in [3.63, 3.8) is 0 Å². The Morgan fingerprint density at radius 1 is 1.38 bits per heavy atom. The first-order valence-corrected chi connectivity index (χ1v) is 7.57. The predicted octanol–water partition coefficient (Wildman–Crippen LogP) is 2.08. The van der Waals surface area contributed by atoms with E-state index in [0.717, 1.165) is 10.9 Å². The lowest BCUT2D eigenvalue weighted by atomic mass is 10.1. The number of nitrogens with one attached hydrogen (secondary N) is 2. The smallest absolute Gasteiger partial charge is 0.239 e. The molecule has 3 rings (SSSR count). The van der Waals surface area contributed by atoms with E-state index in [-0.39, 0.29) is 18.2 Å². The molecule has 106 valence electrons. The number of pyridine rings is 1. The minimum absolute atomic E-state index is 0.0906. The lowest BCUT2D eigenvalue weighted by molar-refractivity contribution is -0.122. The minimum atomic E-state index is -0.453. The van der Waals surface area contributed by atoms with Crippen LogP contribution < -0.4 is 10.6 Å². The summed E-state index contributed by atoms with van der Waals surface area (Å²) in [4.78, 5) is 27.9. The number of fused-ring (bicyclic) bond motifs is 1. The molecule has 0 spiro atoms. The number of amides is 2. The molecule has 0 aliphatic carbocycles. The molecule has 0 bridgehead atoms. The van der Waals surface area contributed by atoms with Crippen LogP contribution >= 0.6 is 24.0 Å². The van der Waals surface area contributed by atoms with Crippen molar-refractivity contribution in [3.05, 3.63) is 36.5 Å². The number of anilines is 1. The van der Waals surface area contributed by atoms with E-state index in [0.29, 0.717) is 10.0 Å². The van der Waals surface area contributed by atoms with Crippen LogP contribution in [0.2, 0.25) is 0 Å². The van der Waals surface area contributed by atoms with E-state index in [1.165, 1.54) is 11.8 Å². The number of thioether (sulfide) groups is 1. The fourth-order valence-corrected chi connectivity index (χ4v) is 3.38. The van der Waals surface area contributed by atoms with E-state index in [1.54, 1.807) is 6.20 Å². The molecule has 1 fully saturated rings. The maximum absolute atomic E-state index is 12.1. The molecule has 1 aliphatic rings. The molecular formula is C14H11N3O2S2. The summed E-state index contributed by atoms with van der Waals surface area (Å²) >= 11 is 6.12. The maximum atomic E-state index is 12.1. The highest BCUT2D eigenvalue weighted by atomic mass is 32.2. The van der Waals surface area contributed by atoms with Gasteiger partial charge in [0.2, 0.25) is 11.8 Å². The van der Waals surface area contributed by atoms with Gasteiger partial charge in [0, 0.05) is 18.0 Å². The predicted molar refractivity (Wildman–Crippen MR) is 87.1 cm³/mol. The summed E-state index contributed by atoms with van der Waals surface area (Å²) in [6.45, 7) is 0. The molecule has 1 aromatic carbocycles. The van der Waals surface area contributed by atoms with Gasteiger partial charge in [-0.2, -0.15) is 0 Å². The zero-order valence-electron chi connectivity index (χ0n) is 10.8. The standard InChI is InChI=1S/C14H11N3O2S2/c18-12(7-11-13(19)17-14(20)21-11)16-10-5-1-4-9-8(10)3-2-6-15-9/h1-6,11H,7H2,(H,16,18)(H,17,19,20)/t11-/m1/s1. The van der Waals surface area contributed by atoms with E-state index in [4.69, 9.17) is 12.2 Å². The highest BCUT2D eigenvalue weighted by molar-refractivity contribution is 8.24. The molecule has 1 saturated heterocycles. The molecule has 0 radical (unpaired) electrons. The van der Waals surface area contributed by atoms with Crippen LogP contribution in [0.3, 0.4) is 0 Å². The number of benzene rings is 1. The van der Waals surface area contributed by atoms with Crippen LogP contribution in [-0.4, -0.2) is 26.4 Å². The van der Waals surface area contributed by atoms with Crippen molar-refractivity contribution >= 4 is 56.7 Å². The number of carbonyl (C=O) groups excluding carboxylic acids is 2. The monoisotopic (exact) mass is 317 g/mol. The Kier molecular flexibility index (Phi) is 3.85. The molecule has 1 aromatic heterocycles. The second-order valence-electron chi connectivity index (χ2n) is 4.51. The Balaban J connectivity index is 1.75. The second-order valence-corrected chi connectivity index (χ2v) is 6.39. The fourth-order valence-electron chi connectivity index (χ4n) is 2.11. The van der Waals surface area contributed by atoms with Gasteiger partial charge in [0.05, 0.1) is 16.5 Å². The highest BCUT2D eigenvalue weighted by Crippen LogP contribution is 2.25. The van der Waals surface area contributed by atoms with Gasteiger partial charge in [-0.25, -0.2) is 0 Å². The van der Waals surface area contributed by atoms with Crippen LogP contribution in [0.5, 0.6) is 0 Å². The van der Waals surface area contributed by atoms with Gasteiger partial charge in [0.25, 0.3) is 0 Å². The number of carbonyl (C=O) groups is 2. The van der Waals surface area contributed by atoms with Crippen molar-refractivity contribution in [1.29, 1.82) is 0 Å². The van der Waals surface area contributed by atoms with Gasteiger partial charge in [0.1, 0.15) is 4.32 Å². The van der Waals surface area contributed by atoms with Gasteiger partial charge in [-0.05, 0) is 24.3 Å². The van der Waals surface area contributed by atoms with E-state index in [1.807, 2.05) is 30.3 Å². The average molecular weight is 317 g/mol. The Bertz CT molecular complexity index is 743. The molecule has 2 heterocycles. The van der Waals surface area contributed by atoms with Crippen LogP contribution in [-0.2, 0) is 9.59 Å². The molecule has 5 nitrogen and oxygen atoms in total. The number of nitrogens with zero attached hydrogens (tertiary/aromatic N) is 1. The number of hydrogen-bond donors (Lipinski definition) is 2. The third-order valence-corrected chi connectivity index (χ3v) is 4.43. The minimum Gasteiger partial charge on any atom is -0.325 e. The topological polar surface area (TPSA) is 71.1 Å². The Hall–Kier alpha value is -1.99. The summed E-state index contributed by atoms with van der Waals surface area (Å²) in [6.07, 6.45) is 1.79. The van der Waals surface area contributed by atoms with Crippen molar-refractivity contribution in [1.82, 2.24) is 10.3 Å². The van der Waals surface area contributed by atoms with Crippen molar-refractivity contribution in [3.8, 4) is 0 Å². The van der Waals surface area contributed by atoms with E-state index in [9.17, 15) is 9.59 Å². The number of rotatable bonds is 3. The molecule has 0 unspecified atom stereocenters. The molecule has 21 heavy (non-hydrogen) atoms. The van der Waals surface area contributed by atoms with Crippen molar-refractivity contribution in [2.45, 2.75) is 11.7 Å². The van der Waals surface area contributed by atoms with E-state index >= 15 is 0 Å². The summed E-state index contributed by atoms with van der Waals surface area (Å²) in [5.74, 6) is -0.427. The largest absolute Gasteiger partial charge is 0.325 e. The number of hydrogen-bond acceptors (Lipinski definition) is 5. The van der Waals surface area contributed by atoms with Crippen LogP contribution in [0.4, 0.5) is 5.69 Å². The SMILES string of the molecule is O=C(C[C@H]1SC(=S)NC1=O)Nc1cccc2ncccc12. The van der Waals surface area contributed by atoms with Gasteiger partial charge in [-0.15, -0.1) is 0 Å². The molecule has 0 saturated carbocycles. The van der Waals surface area contributed by atoms with Crippen LogP contribution in [0.15, 0.2) is 36.5 Å². The molecule has 1 atom stereocenters. The van der Waals surface area contributed by atoms with Gasteiger partial charge < -0.3 is 10.6 Å². The Labute approximate surface area is 130 Å². The highest BCUT2D eigenvalue weighted by Gasteiger charge is 2.31. The van der Waals surface area contributed by atoms with Gasteiger partial charge in [-0.1, -0.05) is 30.0 Å². The van der Waals surface area contributed by atoms with Crippen molar-refractivity contribution < 1.29 is 9.59 Å². The Morgan fingerprint density at radius 2 is 2.24 bits per heavy atom. The van der Waals surface area contributed by atoms with Crippen molar-refractivity contribution in [2.75, 3.05) is 5.32 Å². The number of thiocarbonyl (C=S) groups is 1. The first-order chi connectivity index (χ1) is 10.1. The lowest BCUT2D eigenvalue weighted by Gasteiger charge is -2.09. The molecule has 7 heteroatoms. The molecule has 1 aliphatic heterocycles. The molecular weight excluding hydrogens is 306 g/mol. The lowest BCUT2D eigenvalue weighted by Crippen LogP contribution is -2.27. The van der Waals surface area contributed by atoms with Gasteiger partial charge in [0.15, 0.2) is 0 Å².